The van der Waals surface area contributed by atoms with E-state index in [-0.39, 0.29) is 11.6 Å². The fourth-order valence-electron chi connectivity index (χ4n) is 2.51. The van der Waals surface area contributed by atoms with Gasteiger partial charge in [0.25, 0.3) is 5.56 Å². The number of ether oxygens (including phenoxy) is 1. The van der Waals surface area contributed by atoms with E-state index in [1.165, 1.54) is 0 Å². The Kier molecular flexibility index (Phi) is 5.39. The molecular formula is C18H24N2O2. The van der Waals surface area contributed by atoms with Crippen molar-refractivity contribution in [3.05, 3.63) is 52.3 Å². The van der Waals surface area contributed by atoms with Gasteiger partial charge in [-0.2, -0.15) is 0 Å². The lowest BCUT2D eigenvalue weighted by molar-refractivity contribution is 0.415. The summed E-state index contributed by atoms with van der Waals surface area (Å²) in [7, 11) is 1.64. The van der Waals surface area contributed by atoms with Gasteiger partial charge in [-0.3, -0.25) is 4.79 Å². The van der Waals surface area contributed by atoms with Crippen LogP contribution in [0.15, 0.2) is 41.2 Å². The third kappa shape index (κ3) is 3.39. The molecule has 1 unspecified atom stereocenters. The molecule has 0 radical (unpaired) electrons. The Morgan fingerprint density at radius 2 is 2.05 bits per heavy atom. The molecule has 0 spiro atoms. The second-order valence-corrected chi connectivity index (χ2v) is 5.50. The topological polar surface area (TPSA) is 57.2 Å². The molecule has 118 valence electrons. The van der Waals surface area contributed by atoms with E-state index in [9.17, 15) is 4.79 Å². The molecule has 0 aliphatic rings. The van der Waals surface area contributed by atoms with Crippen LogP contribution in [0, 0.1) is 0 Å². The molecule has 0 saturated heterocycles. The number of nitrogens with zero attached hydrogens (tertiary/aromatic N) is 1. The summed E-state index contributed by atoms with van der Waals surface area (Å²) in [6.07, 6.45) is 1.99. The van der Waals surface area contributed by atoms with Gasteiger partial charge in [0.15, 0.2) is 0 Å². The summed E-state index contributed by atoms with van der Waals surface area (Å²) in [5.41, 5.74) is 8.45. The Hall–Kier alpha value is -2.07. The number of rotatable bonds is 6. The van der Waals surface area contributed by atoms with E-state index in [2.05, 4.69) is 6.92 Å². The van der Waals surface area contributed by atoms with Crippen molar-refractivity contribution >= 4 is 0 Å². The smallest absolute Gasteiger partial charge is 0.255 e. The molecule has 1 aromatic carbocycles. The summed E-state index contributed by atoms with van der Waals surface area (Å²) in [6.45, 7) is 4.65. The van der Waals surface area contributed by atoms with Gasteiger partial charge in [-0.15, -0.1) is 0 Å². The van der Waals surface area contributed by atoms with Gasteiger partial charge in [0, 0.05) is 23.7 Å². The van der Waals surface area contributed by atoms with Crippen molar-refractivity contribution in [1.82, 2.24) is 4.57 Å². The lowest BCUT2D eigenvalue weighted by atomic mass is 10.1. The van der Waals surface area contributed by atoms with Crippen LogP contribution in [0.1, 0.15) is 38.3 Å². The summed E-state index contributed by atoms with van der Waals surface area (Å²) < 4.78 is 7.11. The van der Waals surface area contributed by atoms with Crippen LogP contribution >= 0.6 is 0 Å². The minimum atomic E-state index is -0.264. The molecule has 2 rings (SSSR count). The highest BCUT2D eigenvalue weighted by molar-refractivity contribution is 5.62. The number of nitrogens with two attached hydrogens (primary N) is 1. The maximum Gasteiger partial charge on any atom is 0.255 e. The highest BCUT2D eigenvalue weighted by atomic mass is 16.5. The van der Waals surface area contributed by atoms with E-state index in [1.54, 1.807) is 7.11 Å². The lowest BCUT2D eigenvalue weighted by Crippen LogP contribution is -2.28. The molecule has 4 heteroatoms. The Morgan fingerprint density at radius 1 is 1.27 bits per heavy atom. The van der Waals surface area contributed by atoms with Gasteiger partial charge in [0.2, 0.25) is 0 Å². The van der Waals surface area contributed by atoms with Crippen LogP contribution in [0.25, 0.3) is 11.3 Å². The molecular weight excluding hydrogens is 276 g/mol. The van der Waals surface area contributed by atoms with Crippen molar-refractivity contribution in [3.63, 3.8) is 0 Å². The maximum absolute atomic E-state index is 12.7. The third-order valence-corrected chi connectivity index (χ3v) is 3.79. The highest BCUT2D eigenvalue weighted by Crippen LogP contribution is 2.24. The molecule has 0 aliphatic carbocycles. The Labute approximate surface area is 131 Å². The van der Waals surface area contributed by atoms with Gasteiger partial charge in [-0.25, -0.2) is 0 Å². The summed E-state index contributed by atoms with van der Waals surface area (Å²) >= 11 is 0. The first-order valence-corrected chi connectivity index (χ1v) is 7.72. The SMILES string of the molecule is CCCCn1c(-c2cccc(OC)c2)ccc(C(C)N)c1=O. The third-order valence-electron chi connectivity index (χ3n) is 3.79. The number of aromatic nitrogens is 1. The second kappa shape index (κ2) is 7.27. The van der Waals surface area contributed by atoms with E-state index in [1.807, 2.05) is 47.9 Å². The highest BCUT2D eigenvalue weighted by Gasteiger charge is 2.13. The number of unbranched alkanes of at least 4 members (excludes halogenated alkanes) is 1. The van der Waals surface area contributed by atoms with Crippen molar-refractivity contribution in [1.29, 1.82) is 0 Å². The zero-order valence-electron chi connectivity index (χ0n) is 13.5. The van der Waals surface area contributed by atoms with E-state index in [0.29, 0.717) is 12.1 Å². The van der Waals surface area contributed by atoms with Crippen molar-refractivity contribution < 1.29 is 4.74 Å². The first kappa shape index (κ1) is 16.3. The van der Waals surface area contributed by atoms with Gasteiger partial charge in [0.1, 0.15) is 5.75 Å². The van der Waals surface area contributed by atoms with Crippen LogP contribution in [-0.4, -0.2) is 11.7 Å². The van der Waals surface area contributed by atoms with Crippen LogP contribution in [0.5, 0.6) is 5.75 Å². The van der Waals surface area contributed by atoms with Gasteiger partial charge in [0.05, 0.1) is 12.8 Å². The number of hydrogen-bond acceptors (Lipinski definition) is 3. The lowest BCUT2D eigenvalue weighted by Gasteiger charge is -2.16. The van der Waals surface area contributed by atoms with E-state index < -0.39 is 0 Å². The van der Waals surface area contributed by atoms with Crippen LogP contribution in [0.3, 0.4) is 0 Å². The predicted molar refractivity (Wildman–Crippen MR) is 90.2 cm³/mol. The molecule has 4 nitrogen and oxygen atoms in total. The summed E-state index contributed by atoms with van der Waals surface area (Å²) in [6, 6.07) is 11.3. The summed E-state index contributed by atoms with van der Waals surface area (Å²) in [5.74, 6) is 0.781. The second-order valence-electron chi connectivity index (χ2n) is 5.50. The van der Waals surface area contributed by atoms with Crippen LogP contribution < -0.4 is 16.0 Å². The standard InChI is InChI=1S/C18H24N2O2/c1-4-5-11-20-17(10-9-16(13(2)19)18(20)21)14-7-6-8-15(12-14)22-3/h6-10,12-13H,4-5,11,19H2,1-3H3. The van der Waals surface area contributed by atoms with Gasteiger partial charge in [-0.1, -0.05) is 25.5 Å². The molecule has 2 aromatic rings. The van der Waals surface area contributed by atoms with Gasteiger partial charge >= 0.3 is 0 Å². The molecule has 0 saturated carbocycles. The maximum atomic E-state index is 12.7. The van der Waals surface area contributed by atoms with E-state index in [4.69, 9.17) is 10.5 Å². The monoisotopic (exact) mass is 300 g/mol. The fourth-order valence-corrected chi connectivity index (χ4v) is 2.51. The number of benzene rings is 1. The average molecular weight is 300 g/mol. The average Bonchev–Trinajstić information content (AvgIpc) is 2.53. The quantitative estimate of drug-likeness (QED) is 0.890. The van der Waals surface area contributed by atoms with Crippen molar-refractivity contribution in [3.8, 4) is 17.0 Å². The predicted octanol–water partition coefficient (Wildman–Crippen LogP) is 3.34. The zero-order chi connectivity index (χ0) is 16.1. The molecule has 1 atom stereocenters. The molecule has 0 fully saturated rings. The zero-order valence-corrected chi connectivity index (χ0v) is 13.5. The molecule has 0 bridgehead atoms. The molecule has 0 amide bonds. The Balaban J connectivity index is 2.58. The molecule has 0 aliphatic heterocycles. The first-order chi connectivity index (χ1) is 10.6. The van der Waals surface area contributed by atoms with Crippen molar-refractivity contribution in [2.24, 2.45) is 5.73 Å². The van der Waals surface area contributed by atoms with Crippen LogP contribution in [0.2, 0.25) is 0 Å². The van der Waals surface area contributed by atoms with E-state index in [0.717, 1.165) is 29.8 Å². The minimum absolute atomic E-state index is 0.00349. The van der Waals surface area contributed by atoms with Gasteiger partial charge < -0.3 is 15.0 Å². The van der Waals surface area contributed by atoms with E-state index >= 15 is 0 Å². The fraction of sp³-hybridized carbons (Fsp3) is 0.389. The van der Waals surface area contributed by atoms with Crippen molar-refractivity contribution in [2.75, 3.05) is 7.11 Å². The minimum Gasteiger partial charge on any atom is -0.497 e. The normalized spacial score (nSPS) is 12.2. The van der Waals surface area contributed by atoms with Crippen LogP contribution in [-0.2, 0) is 6.54 Å². The number of methoxy groups -OCH3 is 1. The number of pyridine rings is 1. The number of hydrogen-bond donors (Lipinski definition) is 1. The van der Waals surface area contributed by atoms with Gasteiger partial charge in [-0.05, 0) is 37.6 Å². The first-order valence-electron chi connectivity index (χ1n) is 7.72. The molecule has 1 aromatic heterocycles. The largest absolute Gasteiger partial charge is 0.497 e. The van der Waals surface area contributed by atoms with Crippen LogP contribution in [0.4, 0.5) is 0 Å². The summed E-state index contributed by atoms with van der Waals surface area (Å²) in [5, 5.41) is 0. The van der Waals surface area contributed by atoms with Crippen molar-refractivity contribution in [2.45, 2.75) is 39.3 Å². The Morgan fingerprint density at radius 3 is 2.68 bits per heavy atom. The Bertz CT molecular complexity index is 690. The summed E-state index contributed by atoms with van der Waals surface area (Å²) in [4.78, 5) is 12.7. The molecule has 22 heavy (non-hydrogen) atoms. The molecule has 2 N–H and O–H groups in total. The molecule has 1 heterocycles.